The van der Waals surface area contributed by atoms with Crippen LogP contribution in [0.1, 0.15) is 5.69 Å². The molecule has 0 bridgehead atoms. The van der Waals surface area contributed by atoms with Gasteiger partial charge in [0.15, 0.2) is 0 Å². The topological polar surface area (TPSA) is 39.2 Å². The number of benzene rings is 1. The lowest BCUT2D eigenvalue weighted by Crippen LogP contribution is -2.09. The Balaban J connectivity index is 2.47. The third-order valence-electron chi connectivity index (χ3n) is 2.54. The maximum absolute atomic E-state index is 12.8. The summed E-state index contributed by atoms with van der Waals surface area (Å²) < 4.78 is 42.9. The van der Waals surface area contributed by atoms with Crippen LogP contribution in [-0.4, -0.2) is 23.8 Å². The summed E-state index contributed by atoms with van der Waals surface area (Å²) in [6.45, 7) is 0. The Labute approximate surface area is 117 Å². The predicted octanol–water partition coefficient (Wildman–Crippen LogP) is 3.52. The number of ether oxygens (including phenoxy) is 1. The Kier molecular flexibility index (Phi) is 4.17. The van der Waals surface area contributed by atoms with E-state index in [0.29, 0.717) is 10.3 Å². The Morgan fingerprint density at radius 1 is 1.35 bits per heavy atom. The van der Waals surface area contributed by atoms with Crippen LogP contribution in [0.15, 0.2) is 35.2 Å². The molecule has 0 saturated heterocycles. The van der Waals surface area contributed by atoms with Gasteiger partial charge in [0.1, 0.15) is 5.69 Å². The molecule has 1 heterocycles. The van der Waals surface area contributed by atoms with Crippen molar-refractivity contribution in [1.29, 1.82) is 0 Å². The fourth-order valence-electron chi connectivity index (χ4n) is 1.60. The second-order valence-corrected chi connectivity index (χ2v) is 4.90. The number of pyridine rings is 1. The molecule has 2 rings (SSSR count). The first-order valence-corrected chi connectivity index (χ1v) is 6.57. The second kappa shape index (κ2) is 5.70. The number of nitrogens with zero attached hydrogens (tertiary/aromatic N) is 1. The number of hydrogen-bond donors (Lipinski definition) is 0. The van der Waals surface area contributed by atoms with E-state index in [4.69, 9.17) is 0 Å². The average molecular weight is 301 g/mol. The van der Waals surface area contributed by atoms with Crippen molar-refractivity contribution in [2.75, 3.05) is 12.9 Å². The van der Waals surface area contributed by atoms with E-state index in [1.165, 1.54) is 13.2 Å². The number of hydrogen-bond acceptors (Lipinski definition) is 4. The normalized spacial score (nSPS) is 11.6. The van der Waals surface area contributed by atoms with Crippen LogP contribution in [0.5, 0.6) is 0 Å². The minimum atomic E-state index is -4.52. The van der Waals surface area contributed by atoms with Crippen molar-refractivity contribution in [2.24, 2.45) is 0 Å². The number of methoxy groups -OCH3 is 1. The maximum atomic E-state index is 12.8. The molecular formula is C13H10F3NO2S. The molecule has 0 unspecified atom stereocenters. The molecular weight excluding hydrogens is 291 g/mol. The van der Waals surface area contributed by atoms with Gasteiger partial charge in [-0.25, -0.2) is 4.98 Å². The summed E-state index contributed by atoms with van der Waals surface area (Å²) in [5, 5.41) is 0.578. The third-order valence-corrected chi connectivity index (χ3v) is 3.57. The Morgan fingerprint density at radius 2 is 2.05 bits per heavy atom. The molecule has 106 valence electrons. The van der Waals surface area contributed by atoms with Crippen molar-refractivity contribution in [3.63, 3.8) is 0 Å². The van der Waals surface area contributed by atoms with Crippen LogP contribution < -0.4 is 0 Å². The molecule has 2 aromatic rings. The van der Waals surface area contributed by atoms with Gasteiger partial charge in [-0.15, -0.1) is 11.8 Å². The number of rotatable bonds is 3. The summed E-state index contributed by atoms with van der Waals surface area (Å²) in [6.07, 6.45) is -4.52. The third kappa shape index (κ3) is 3.22. The fourth-order valence-corrected chi connectivity index (χ4v) is 2.52. The predicted molar refractivity (Wildman–Crippen MR) is 69.5 cm³/mol. The fraction of sp³-hybridized carbons (Fsp3) is 0.231. The molecule has 0 aliphatic carbocycles. The Bertz CT molecular complexity index is 643. The number of fused-ring (bicyclic) bond motifs is 1. The highest BCUT2D eigenvalue weighted by Gasteiger charge is 2.33. The van der Waals surface area contributed by atoms with Gasteiger partial charge in [0.25, 0.3) is 0 Å². The van der Waals surface area contributed by atoms with Gasteiger partial charge >= 0.3 is 12.1 Å². The first-order valence-electron chi connectivity index (χ1n) is 5.58. The molecule has 0 spiro atoms. The van der Waals surface area contributed by atoms with E-state index in [-0.39, 0.29) is 11.3 Å². The largest absolute Gasteiger partial charge is 0.468 e. The highest BCUT2D eigenvalue weighted by atomic mass is 32.2. The van der Waals surface area contributed by atoms with E-state index in [9.17, 15) is 18.0 Å². The van der Waals surface area contributed by atoms with Crippen molar-refractivity contribution < 1.29 is 22.7 Å². The lowest BCUT2D eigenvalue weighted by atomic mass is 10.2. The molecule has 1 aromatic heterocycles. The van der Waals surface area contributed by atoms with Crippen molar-refractivity contribution in [3.05, 3.63) is 36.0 Å². The summed E-state index contributed by atoms with van der Waals surface area (Å²) >= 11 is 0.998. The summed E-state index contributed by atoms with van der Waals surface area (Å²) in [7, 11) is 1.23. The molecule has 0 amide bonds. The monoisotopic (exact) mass is 301 g/mol. The average Bonchev–Trinajstić information content (AvgIpc) is 2.43. The molecule has 0 aliphatic rings. The lowest BCUT2D eigenvalue weighted by molar-refractivity contribution is -0.141. The van der Waals surface area contributed by atoms with Gasteiger partial charge in [0, 0.05) is 10.3 Å². The van der Waals surface area contributed by atoms with Gasteiger partial charge in [-0.2, -0.15) is 13.2 Å². The molecule has 0 N–H and O–H groups in total. The van der Waals surface area contributed by atoms with Crippen molar-refractivity contribution in [3.8, 4) is 0 Å². The molecule has 3 nitrogen and oxygen atoms in total. The molecule has 1 aromatic carbocycles. The van der Waals surface area contributed by atoms with Crippen LogP contribution in [0.25, 0.3) is 10.9 Å². The lowest BCUT2D eigenvalue weighted by Gasteiger charge is -2.11. The SMILES string of the molecule is COC(=O)CSc1cc(C(F)(F)F)nc2ccccc12. The number of carbonyl (C=O) groups excluding carboxylic acids is 1. The van der Waals surface area contributed by atoms with Gasteiger partial charge in [-0.05, 0) is 12.1 Å². The molecule has 20 heavy (non-hydrogen) atoms. The molecule has 0 atom stereocenters. The molecule has 0 aliphatic heterocycles. The van der Waals surface area contributed by atoms with E-state index >= 15 is 0 Å². The van der Waals surface area contributed by atoms with Crippen LogP contribution in [0.2, 0.25) is 0 Å². The van der Waals surface area contributed by atoms with Crippen LogP contribution in [0.3, 0.4) is 0 Å². The van der Waals surface area contributed by atoms with Crippen LogP contribution in [0.4, 0.5) is 13.2 Å². The van der Waals surface area contributed by atoms with Crippen LogP contribution in [-0.2, 0) is 15.7 Å². The summed E-state index contributed by atoms with van der Waals surface area (Å²) in [4.78, 5) is 15.1. The Hall–Kier alpha value is -1.76. The van der Waals surface area contributed by atoms with Gasteiger partial charge in [-0.1, -0.05) is 18.2 Å². The van der Waals surface area contributed by atoms with E-state index in [0.717, 1.165) is 17.8 Å². The maximum Gasteiger partial charge on any atom is 0.433 e. The number of esters is 1. The minimum absolute atomic E-state index is 0.0538. The van der Waals surface area contributed by atoms with Crippen LogP contribution in [0, 0.1) is 0 Å². The molecule has 0 saturated carbocycles. The van der Waals surface area contributed by atoms with Crippen LogP contribution >= 0.6 is 11.8 Å². The van der Waals surface area contributed by atoms with Gasteiger partial charge < -0.3 is 4.74 Å². The number of thioether (sulfide) groups is 1. The number of halogens is 3. The van der Waals surface area contributed by atoms with E-state index in [2.05, 4.69) is 9.72 Å². The van der Waals surface area contributed by atoms with Crippen molar-refractivity contribution in [2.45, 2.75) is 11.1 Å². The highest BCUT2D eigenvalue weighted by molar-refractivity contribution is 8.00. The zero-order chi connectivity index (χ0) is 14.8. The van der Waals surface area contributed by atoms with Crippen molar-refractivity contribution >= 4 is 28.6 Å². The summed E-state index contributed by atoms with van der Waals surface area (Å²) in [5.74, 6) is -0.550. The van der Waals surface area contributed by atoms with Gasteiger partial charge in [-0.3, -0.25) is 4.79 Å². The quantitative estimate of drug-likeness (QED) is 0.642. The smallest absolute Gasteiger partial charge is 0.433 e. The zero-order valence-corrected chi connectivity index (χ0v) is 11.2. The molecule has 7 heteroatoms. The van der Waals surface area contributed by atoms with Gasteiger partial charge in [0.2, 0.25) is 0 Å². The van der Waals surface area contributed by atoms with E-state index in [1.54, 1.807) is 18.2 Å². The number of carbonyl (C=O) groups is 1. The zero-order valence-electron chi connectivity index (χ0n) is 10.4. The first kappa shape index (κ1) is 14.6. The number of para-hydroxylation sites is 1. The Morgan fingerprint density at radius 3 is 2.70 bits per heavy atom. The van der Waals surface area contributed by atoms with E-state index in [1.807, 2.05) is 0 Å². The summed E-state index contributed by atoms with van der Waals surface area (Å²) in [6, 6.07) is 7.45. The standard InChI is InChI=1S/C13H10F3NO2S/c1-19-12(18)7-20-10-6-11(13(14,15)16)17-9-5-3-2-4-8(9)10/h2-6H,7H2,1H3. The highest BCUT2D eigenvalue weighted by Crippen LogP contribution is 2.34. The molecule has 0 radical (unpaired) electrons. The first-order chi connectivity index (χ1) is 9.41. The van der Waals surface area contributed by atoms with Crippen molar-refractivity contribution in [1.82, 2.24) is 4.98 Å². The summed E-state index contributed by atoms with van der Waals surface area (Å²) in [5.41, 5.74) is -0.724. The van der Waals surface area contributed by atoms with Gasteiger partial charge in [0.05, 0.1) is 18.4 Å². The van der Waals surface area contributed by atoms with E-state index < -0.39 is 17.8 Å². The number of alkyl halides is 3. The second-order valence-electron chi connectivity index (χ2n) is 3.89. The molecule has 0 fully saturated rings. The minimum Gasteiger partial charge on any atom is -0.468 e. The number of aromatic nitrogens is 1.